The number of hydrogen-bond acceptors (Lipinski definition) is 8. The van der Waals surface area contributed by atoms with E-state index in [9.17, 15) is 20.6 Å². The van der Waals surface area contributed by atoms with E-state index in [0.29, 0.717) is 23.7 Å². The topological polar surface area (TPSA) is 136 Å². The number of aromatic nitrogens is 1. The smallest absolute Gasteiger partial charge is 0.346 e. The molecule has 1 aliphatic rings. The van der Waals surface area contributed by atoms with E-state index in [1.807, 2.05) is 54.6 Å². The third-order valence-corrected chi connectivity index (χ3v) is 10.8. The van der Waals surface area contributed by atoms with Gasteiger partial charge in [-0.3, -0.25) is 5.41 Å². The average molecular weight is 807 g/mol. The number of carboxylic acid groups (broad SMARTS) is 1. The highest BCUT2D eigenvalue weighted by atomic mass is 16.5. The lowest BCUT2D eigenvalue weighted by molar-refractivity contribution is -0.132. The Hall–Kier alpha value is -6.60. The van der Waals surface area contributed by atoms with E-state index in [2.05, 4.69) is 84.2 Å². The zero-order chi connectivity index (χ0) is 42.9. The number of aliphatic carboxylic acids is 1. The van der Waals surface area contributed by atoms with Gasteiger partial charge in [0.1, 0.15) is 28.9 Å². The Bertz CT molecular complexity index is 2210. The summed E-state index contributed by atoms with van der Waals surface area (Å²) in [6.07, 6.45) is 17.8. The number of unbranched alkanes of at least 4 members (excludes halogenated alkanes) is 4. The summed E-state index contributed by atoms with van der Waals surface area (Å²) in [5.41, 5.74) is 10.3. The minimum absolute atomic E-state index is 0.0600. The van der Waals surface area contributed by atoms with E-state index in [1.165, 1.54) is 6.08 Å². The summed E-state index contributed by atoms with van der Waals surface area (Å²) in [5.74, 6) is 0.680. The second-order valence-electron chi connectivity index (χ2n) is 14.8. The number of ether oxygens (including phenoxy) is 2. The minimum atomic E-state index is -1.34. The highest BCUT2D eigenvalue weighted by Gasteiger charge is 2.25. The molecule has 60 heavy (non-hydrogen) atoms. The van der Waals surface area contributed by atoms with E-state index in [0.717, 1.165) is 109 Å². The Morgan fingerprint density at radius 1 is 0.850 bits per heavy atom. The van der Waals surface area contributed by atoms with Crippen molar-refractivity contribution in [2.45, 2.75) is 78.7 Å². The average Bonchev–Trinajstić information content (AvgIpc) is 3.68. The highest BCUT2D eigenvalue weighted by molar-refractivity contribution is 6.62. The Morgan fingerprint density at radius 3 is 2.02 bits per heavy atom. The van der Waals surface area contributed by atoms with Crippen LogP contribution < -0.4 is 19.8 Å². The van der Waals surface area contributed by atoms with Gasteiger partial charge in [-0.25, -0.2) is 4.79 Å². The number of carboxylic acids is 1. The van der Waals surface area contributed by atoms with Crippen molar-refractivity contribution in [3.63, 3.8) is 0 Å². The molecule has 0 spiro atoms. The number of nitriles is 1. The molecular weight excluding hydrogens is 749 g/mol. The number of nitrogens with zero attached hydrogens (tertiary/aromatic N) is 4. The molecule has 0 aliphatic heterocycles. The summed E-state index contributed by atoms with van der Waals surface area (Å²) in [5, 5.41) is 33.1. The Kier molecular flexibility index (Phi) is 16.7. The molecule has 0 saturated carbocycles. The van der Waals surface area contributed by atoms with Crippen molar-refractivity contribution in [2.24, 2.45) is 11.0 Å². The maximum atomic E-state index is 11.7. The molecule has 0 bridgehead atoms. The van der Waals surface area contributed by atoms with Crippen LogP contribution in [0.3, 0.4) is 0 Å². The molecule has 3 aromatic carbocycles. The quantitative estimate of drug-likeness (QED) is 0.0236. The lowest BCUT2D eigenvalue weighted by Crippen LogP contribution is -2.27. The summed E-state index contributed by atoms with van der Waals surface area (Å²) in [7, 11) is 3.33. The number of nitrogens with one attached hydrogen (secondary N) is 2. The first-order valence-corrected chi connectivity index (χ1v) is 21.0. The Labute approximate surface area is 355 Å². The Morgan fingerprint density at radius 2 is 1.47 bits per heavy atom. The highest BCUT2D eigenvalue weighted by Crippen LogP contribution is 2.36. The molecular formula is C50H58N6O4. The van der Waals surface area contributed by atoms with Crippen LogP contribution >= 0.6 is 0 Å². The lowest BCUT2D eigenvalue weighted by atomic mass is 9.91. The van der Waals surface area contributed by atoms with Crippen molar-refractivity contribution in [2.75, 3.05) is 25.7 Å². The third kappa shape index (κ3) is 11.5. The Balaban J connectivity index is 1.50. The second-order valence-corrected chi connectivity index (χ2v) is 14.8. The van der Waals surface area contributed by atoms with Gasteiger partial charge in [-0.1, -0.05) is 83.6 Å². The van der Waals surface area contributed by atoms with Gasteiger partial charge in [0, 0.05) is 47.0 Å². The SMILES string of the molecule is CCCCCCn1c(/C=C/c2ccc(N(c3ccc(OC)cc3)c3ccc(OC)cc3)cc2)ccc1C1=CC=C(/C=C(\C#N)C(=O)O)C(=N)/C1=N\NCC(CC)CCCC. The van der Waals surface area contributed by atoms with Crippen LogP contribution in [-0.4, -0.2) is 47.8 Å². The van der Waals surface area contributed by atoms with Crippen LogP contribution in [0.2, 0.25) is 0 Å². The predicted molar refractivity (Wildman–Crippen MR) is 246 cm³/mol. The van der Waals surface area contributed by atoms with Gasteiger partial charge in [0.05, 0.1) is 25.6 Å². The molecule has 0 radical (unpaired) electrons. The van der Waals surface area contributed by atoms with Crippen LogP contribution in [0.4, 0.5) is 17.1 Å². The van der Waals surface area contributed by atoms with Gasteiger partial charge < -0.3 is 29.5 Å². The van der Waals surface area contributed by atoms with E-state index in [-0.39, 0.29) is 5.71 Å². The molecule has 0 saturated heterocycles. The van der Waals surface area contributed by atoms with Crippen LogP contribution in [0.15, 0.2) is 119 Å². The van der Waals surface area contributed by atoms with Crippen LogP contribution in [-0.2, 0) is 11.3 Å². The fourth-order valence-corrected chi connectivity index (χ4v) is 7.18. The molecule has 1 aliphatic carbocycles. The van der Waals surface area contributed by atoms with Crippen LogP contribution in [0.5, 0.6) is 11.5 Å². The number of carbonyl (C=O) groups is 1. The summed E-state index contributed by atoms with van der Waals surface area (Å²) < 4.78 is 13.1. The summed E-state index contributed by atoms with van der Waals surface area (Å²) in [6.45, 7) is 8.01. The van der Waals surface area contributed by atoms with E-state index < -0.39 is 11.5 Å². The standard InChI is InChI=1S/C50H58N6O4/c1-6-9-11-12-32-55-40(18-14-37-15-19-41(20-16-37)56(42-21-26-44(59-4)27-22-42)43-23-28-45(60-5)29-24-43)25-31-47(55)46-30-17-38(33-39(34-51)50(57)58)48(52)49(46)54-53-35-36(8-3)13-10-7-2/h14-31,33,36,52-53H,6-13,32,35H2,1-5H3,(H,57,58)/b18-14+,39-33+,52-48?,54-49-. The molecule has 3 N–H and O–H groups in total. The molecule has 5 rings (SSSR count). The van der Waals surface area contributed by atoms with Gasteiger partial charge in [0.2, 0.25) is 0 Å². The van der Waals surface area contributed by atoms with Crippen LogP contribution in [0, 0.1) is 22.7 Å². The molecule has 10 heteroatoms. The van der Waals surface area contributed by atoms with Gasteiger partial charge >= 0.3 is 5.97 Å². The first kappa shape index (κ1) is 44.5. The molecule has 312 valence electrons. The van der Waals surface area contributed by atoms with Crippen molar-refractivity contribution in [1.82, 2.24) is 9.99 Å². The molecule has 1 unspecified atom stereocenters. The molecule has 4 aromatic rings. The number of hydrogen-bond donors (Lipinski definition) is 3. The van der Waals surface area contributed by atoms with Gasteiger partial charge in [0.15, 0.2) is 0 Å². The maximum Gasteiger partial charge on any atom is 0.346 e. The van der Waals surface area contributed by atoms with E-state index in [4.69, 9.17) is 14.6 Å². The van der Waals surface area contributed by atoms with Gasteiger partial charge in [0.25, 0.3) is 0 Å². The number of rotatable bonds is 22. The summed E-state index contributed by atoms with van der Waals surface area (Å²) in [4.78, 5) is 13.9. The van der Waals surface area contributed by atoms with E-state index in [1.54, 1.807) is 26.4 Å². The molecule has 1 heterocycles. The number of benzene rings is 3. The van der Waals surface area contributed by atoms with Gasteiger partial charge in [-0.2, -0.15) is 10.4 Å². The number of allylic oxidation sites excluding steroid dienone is 5. The van der Waals surface area contributed by atoms with Crippen LogP contribution in [0.25, 0.3) is 17.7 Å². The van der Waals surface area contributed by atoms with Gasteiger partial charge in [-0.05, 0) is 115 Å². The normalized spacial score (nSPS) is 14.1. The predicted octanol–water partition coefficient (Wildman–Crippen LogP) is 11.8. The maximum absolute atomic E-state index is 11.7. The first-order valence-electron chi connectivity index (χ1n) is 21.0. The lowest BCUT2D eigenvalue weighted by Gasteiger charge is -2.26. The number of anilines is 3. The first-order chi connectivity index (χ1) is 29.2. The number of hydrazone groups is 1. The number of methoxy groups -OCH3 is 2. The molecule has 10 nitrogen and oxygen atoms in total. The fraction of sp³-hybridized carbons (Fsp3) is 0.320. The van der Waals surface area contributed by atoms with Crippen LogP contribution in [0.1, 0.15) is 89.1 Å². The minimum Gasteiger partial charge on any atom is -0.497 e. The van der Waals surface area contributed by atoms with Crippen molar-refractivity contribution < 1.29 is 19.4 Å². The third-order valence-electron chi connectivity index (χ3n) is 10.8. The van der Waals surface area contributed by atoms with Crippen molar-refractivity contribution in [1.29, 1.82) is 10.7 Å². The fourth-order valence-electron chi connectivity index (χ4n) is 7.18. The van der Waals surface area contributed by atoms with Crippen molar-refractivity contribution in [3.8, 4) is 17.6 Å². The van der Waals surface area contributed by atoms with Gasteiger partial charge in [-0.15, -0.1) is 0 Å². The van der Waals surface area contributed by atoms with E-state index >= 15 is 0 Å². The molecule has 1 aromatic heterocycles. The zero-order valence-corrected chi connectivity index (χ0v) is 35.6. The largest absolute Gasteiger partial charge is 0.497 e. The monoisotopic (exact) mass is 806 g/mol. The summed E-state index contributed by atoms with van der Waals surface area (Å²) >= 11 is 0. The summed E-state index contributed by atoms with van der Waals surface area (Å²) in [6, 6.07) is 30.4. The molecule has 0 fully saturated rings. The molecule has 1 atom stereocenters. The van der Waals surface area contributed by atoms with Crippen molar-refractivity contribution >= 4 is 52.2 Å². The zero-order valence-electron chi connectivity index (χ0n) is 35.6. The van der Waals surface area contributed by atoms with Crippen molar-refractivity contribution in [3.05, 3.63) is 131 Å². The second kappa shape index (κ2) is 22.5. The molecule has 0 amide bonds.